The van der Waals surface area contributed by atoms with Crippen LogP contribution in [0.5, 0.6) is 0 Å². The van der Waals surface area contributed by atoms with Gasteiger partial charge in [-0.1, -0.05) is 12.1 Å². The first-order valence-electron chi connectivity index (χ1n) is 8.34. The Kier molecular flexibility index (Phi) is 3.83. The lowest BCUT2D eigenvalue weighted by Gasteiger charge is -2.32. The Balaban J connectivity index is 1.42. The van der Waals surface area contributed by atoms with Crippen LogP contribution in [0.3, 0.4) is 0 Å². The van der Waals surface area contributed by atoms with Crippen LogP contribution in [0.2, 0.25) is 0 Å². The molecule has 3 aromatic rings. The zero-order chi connectivity index (χ0) is 15.6. The predicted molar refractivity (Wildman–Crippen MR) is 92.3 cm³/mol. The highest BCUT2D eigenvalue weighted by Crippen LogP contribution is 2.24. The molecule has 118 valence electrons. The highest BCUT2D eigenvalue weighted by Gasteiger charge is 2.20. The van der Waals surface area contributed by atoms with E-state index in [1.165, 1.54) is 23.8 Å². The molecule has 0 spiro atoms. The number of piperidine rings is 1. The Morgan fingerprint density at radius 1 is 1.13 bits per heavy atom. The Hall–Kier alpha value is -2.20. The number of benzene rings is 1. The fourth-order valence-corrected chi connectivity index (χ4v) is 3.49. The molecule has 1 fully saturated rings. The van der Waals surface area contributed by atoms with E-state index in [1.807, 2.05) is 19.4 Å². The smallest absolute Gasteiger partial charge is 0.0948 e. The Bertz CT molecular complexity index is 786. The van der Waals surface area contributed by atoms with Crippen molar-refractivity contribution in [3.8, 4) is 0 Å². The summed E-state index contributed by atoms with van der Waals surface area (Å²) >= 11 is 0. The highest BCUT2D eigenvalue weighted by molar-refractivity contribution is 5.79. The van der Waals surface area contributed by atoms with Crippen molar-refractivity contribution >= 4 is 10.9 Å². The van der Waals surface area contributed by atoms with E-state index < -0.39 is 0 Å². The number of aryl methyl sites for hydroxylation is 1. The van der Waals surface area contributed by atoms with Gasteiger partial charge in [-0.05, 0) is 43.5 Å². The van der Waals surface area contributed by atoms with E-state index in [9.17, 15) is 0 Å². The molecule has 2 aromatic heterocycles. The van der Waals surface area contributed by atoms with Gasteiger partial charge in [0, 0.05) is 49.1 Å². The van der Waals surface area contributed by atoms with Crippen LogP contribution in [0.4, 0.5) is 0 Å². The maximum Gasteiger partial charge on any atom is 0.0948 e. The number of imidazole rings is 1. The van der Waals surface area contributed by atoms with Crippen molar-refractivity contribution in [3.63, 3.8) is 0 Å². The highest BCUT2D eigenvalue weighted by atomic mass is 15.2. The van der Waals surface area contributed by atoms with Crippen LogP contribution in [0.15, 0.2) is 49.1 Å². The molecule has 0 atom stereocenters. The third-order valence-corrected chi connectivity index (χ3v) is 4.80. The Morgan fingerprint density at radius 2 is 2.00 bits per heavy atom. The standard InChI is InChI=1S/C19H22N4/c1-15-2-4-17-12-16(3-5-19(17)21-15)13-22-9-6-18(7-10-22)23-11-8-20-14-23/h2-5,8,11-12,14,18H,6-7,9-10,13H2,1H3. The van der Waals surface area contributed by atoms with Crippen molar-refractivity contribution < 1.29 is 0 Å². The molecule has 4 nitrogen and oxygen atoms in total. The molecule has 1 aliphatic heterocycles. The molecular formula is C19H22N4. The molecule has 4 rings (SSSR count). The first-order valence-corrected chi connectivity index (χ1v) is 8.34. The summed E-state index contributed by atoms with van der Waals surface area (Å²) in [5.74, 6) is 0. The molecule has 3 heterocycles. The fraction of sp³-hybridized carbons (Fsp3) is 0.368. The molecule has 0 saturated carbocycles. The minimum Gasteiger partial charge on any atom is -0.334 e. The van der Waals surface area contributed by atoms with E-state index in [0.29, 0.717) is 6.04 Å². The molecule has 0 radical (unpaired) electrons. The van der Waals surface area contributed by atoms with E-state index in [0.717, 1.165) is 30.8 Å². The van der Waals surface area contributed by atoms with E-state index in [1.54, 1.807) is 0 Å². The van der Waals surface area contributed by atoms with Crippen molar-refractivity contribution in [3.05, 3.63) is 60.3 Å². The zero-order valence-electron chi connectivity index (χ0n) is 13.5. The van der Waals surface area contributed by atoms with Crippen LogP contribution in [0, 0.1) is 6.92 Å². The lowest BCUT2D eigenvalue weighted by molar-refractivity contribution is 0.179. The Labute approximate surface area is 136 Å². The molecule has 4 heteroatoms. The van der Waals surface area contributed by atoms with Gasteiger partial charge in [0.25, 0.3) is 0 Å². The molecule has 23 heavy (non-hydrogen) atoms. The molecule has 0 bridgehead atoms. The molecular weight excluding hydrogens is 284 g/mol. The van der Waals surface area contributed by atoms with Gasteiger partial charge in [-0.3, -0.25) is 9.88 Å². The average molecular weight is 306 g/mol. The molecule has 0 amide bonds. The van der Waals surface area contributed by atoms with Gasteiger partial charge in [-0.15, -0.1) is 0 Å². The van der Waals surface area contributed by atoms with E-state index in [2.05, 4.69) is 56.0 Å². The van der Waals surface area contributed by atoms with E-state index in [4.69, 9.17) is 0 Å². The van der Waals surface area contributed by atoms with Gasteiger partial charge in [0.05, 0.1) is 11.8 Å². The second kappa shape index (κ2) is 6.13. The fourth-order valence-electron chi connectivity index (χ4n) is 3.49. The summed E-state index contributed by atoms with van der Waals surface area (Å²) in [6, 6.07) is 11.5. The number of rotatable bonds is 3. The number of pyridine rings is 1. The van der Waals surface area contributed by atoms with Crippen molar-refractivity contribution in [1.29, 1.82) is 0 Å². The lowest BCUT2D eigenvalue weighted by atomic mass is 10.0. The molecule has 0 N–H and O–H groups in total. The number of hydrogen-bond donors (Lipinski definition) is 0. The van der Waals surface area contributed by atoms with Gasteiger partial charge in [0.1, 0.15) is 0 Å². The van der Waals surface area contributed by atoms with Crippen molar-refractivity contribution in [2.24, 2.45) is 0 Å². The van der Waals surface area contributed by atoms with Gasteiger partial charge in [-0.2, -0.15) is 0 Å². The average Bonchev–Trinajstić information content (AvgIpc) is 3.10. The monoisotopic (exact) mass is 306 g/mol. The summed E-state index contributed by atoms with van der Waals surface area (Å²) in [6.45, 7) is 5.36. The third-order valence-electron chi connectivity index (χ3n) is 4.80. The molecule has 0 aliphatic carbocycles. The van der Waals surface area contributed by atoms with Crippen LogP contribution in [0.25, 0.3) is 10.9 Å². The first-order chi connectivity index (χ1) is 11.3. The largest absolute Gasteiger partial charge is 0.334 e. The second-order valence-electron chi connectivity index (χ2n) is 6.50. The second-order valence-corrected chi connectivity index (χ2v) is 6.50. The van der Waals surface area contributed by atoms with Gasteiger partial charge in [0.15, 0.2) is 0 Å². The minimum absolute atomic E-state index is 0.609. The summed E-state index contributed by atoms with van der Waals surface area (Å²) < 4.78 is 2.25. The minimum atomic E-state index is 0.609. The van der Waals surface area contributed by atoms with Crippen LogP contribution < -0.4 is 0 Å². The summed E-state index contributed by atoms with van der Waals surface area (Å²) in [5, 5.41) is 1.24. The number of hydrogen-bond acceptors (Lipinski definition) is 3. The van der Waals surface area contributed by atoms with Gasteiger partial charge in [0.2, 0.25) is 0 Å². The molecule has 0 unspecified atom stereocenters. The van der Waals surface area contributed by atoms with Crippen LogP contribution in [0.1, 0.15) is 30.1 Å². The number of likely N-dealkylation sites (tertiary alicyclic amines) is 1. The molecule has 1 aromatic carbocycles. The SMILES string of the molecule is Cc1ccc2cc(CN3CCC(n4ccnc4)CC3)ccc2n1. The summed E-state index contributed by atoms with van der Waals surface area (Å²) in [4.78, 5) is 11.3. The zero-order valence-corrected chi connectivity index (χ0v) is 13.5. The maximum atomic E-state index is 4.58. The summed E-state index contributed by atoms with van der Waals surface area (Å²) in [5.41, 5.74) is 3.55. The number of fused-ring (bicyclic) bond motifs is 1. The third kappa shape index (κ3) is 3.13. The normalized spacial score (nSPS) is 16.9. The van der Waals surface area contributed by atoms with E-state index >= 15 is 0 Å². The van der Waals surface area contributed by atoms with Crippen LogP contribution >= 0.6 is 0 Å². The molecule has 1 aliphatic rings. The summed E-state index contributed by atoms with van der Waals surface area (Å²) in [6.07, 6.45) is 8.30. The van der Waals surface area contributed by atoms with Crippen molar-refractivity contribution in [2.75, 3.05) is 13.1 Å². The predicted octanol–water partition coefficient (Wildman–Crippen LogP) is 3.58. The van der Waals surface area contributed by atoms with Crippen LogP contribution in [-0.4, -0.2) is 32.5 Å². The number of aromatic nitrogens is 3. The van der Waals surface area contributed by atoms with Crippen molar-refractivity contribution in [2.45, 2.75) is 32.4 Å². The molecule has 1 saturated heterocycles. The van der Waals surface area contributed by atoms with Gasteiger partial charge < -0.3 is 4.57 Å². The van der Waals surface area contributed by atoms with Gasteiger partial charge in [-0.25, -0.2) is 4.98 Å². The van der Waals surface area contributed by atoms with Crippen molar-refractivity contribution in [1.82, 2.24) is 19.4 Å². The maximum absolute atomic E-state index is 4.58. The quantitative estimate of drug-likeness (QED) is 0.742. The van der Waals surface area contributed by atoms with Gasteiger partial charge >= 0.3 is 0 Å². The first kappa shape index (κ1) is 14.4. The number of nitrogens with zero attached hydrogens (tertiary/aromatic N) is 4. The topological polar surface area (TPSA) is 34.0 Å². The Morgan fingerprint density at radius 3 is 2.78 bits per heavy atom. The lowest BCUT2D eigenvalue weighted by Crippen LogP contribution is -2.33. The summed E-state index contributed by atoms with van der Waals surface area (Å²) in [7, 11) is 0. The van der Waals surface area contributed by atoms with E-state index in [-0.39, 0.29) is 0 Å². The van der Waals surface area contributed by atoms with Crippen LogP contribution in [-0.2, 0) is 6.54 Å².